The second-order valence-corrected chi connectivity index (χ2v) is 5.94. The first-order valence-corrected chi connectivity index (χ1v) is 7.69. The lowest BCUT2D eigenvalue weighted by molar-refractivity contribution is 0.324. The number of aromatic nitrogens is 1. The highest BCUT2D eigenvalue weighted by molar-refractivity contribution is 7.11. The van der Waals surface area contributed by atoms with Crippen molar-refractivity contribution in [1.82, 2.24) is 9.88 Å². The minimum atomic E-state index is 0.486. The first-order chi connectivity index (χ1) is 9.74. The van der Waals surface area contributed by atoms with Gasteiger partial charge in [-0.2, -0.15) is 0 Å². The molecule has 0 radical (unpaired) electrons. The second kappa shape index (κ2) is 5.58. The molecule has 2 heterocycles. The van der Waals surface area contributed by atoms with Crippen LogP contribution in [-0.4, -0.2) is 22.5 Å². The van der Waals surface area contributed by atoms with E-state index in [9.17, 15) is 0 Å². The second-order valence-electron chi connectivity index (χ2n) is 5.08. The van der Waals surface area contributed by atoms with Crippen LogP contribution in [0.5, 0.6) is 0 Å². The van der Waals surface area contributed by atoms with E-state index >= 15 is 0 Å². The highest BCUT2D eigenvalue weighted by Gasteiger charge is 2.21. The summed E-state index contributed by atoms with van der Waals surface area (Å²) in [5.74, 6) is 0. The Morgan fingerprint density at radius 3 is 2.70 bits per heavy atom. The summed E-state index contributed by atoms with van der Waals surface area (Å²) >= 11 is 1.69. The van der Waals surface area contributed by atoms with Gasteiger partial charge in [0.2, 0.25) is 5.01 Å². The molecule has 1 aliphatic rings. The van der Waals surface area contributed by atoms with Crippen LogP contribution in [0.25, 0.3) is 16.8 Å². The van der Waals surface area contributed by atoms with Crippen molar-refractivity contribution in [2.75, 3.05) is 6.54 Å². The molecular formula is C17H17N2S+. The molecular weight excluding hydrogens is 264 g/mol. The van der Waals surface area contributed by atoms with Crippen LogP contribution in [0.2, 0.25) is 0 Å². The molecule has 0 saturated carbocycles. The fourth-order valence-electron chi connectivity index (χ4n) is 2.12. The van der Waals surface area contributed by atoms with Crippen molar-refractivity contribution in [2.45, 2.75) is 19.9 Å². The average Bonchev–Trinajstić information content (AvgIpc) is 2.98. The highest BCUT2D eigenvalue weighted by atomic mass is 32.1. The quantitative estimate of drug-likeness (QED) is 0.782. The van der Waals surface area contributed by atoms with E-state index in [1.165, 1.54) is 11.1 Å². The van der Waals surface area contributed by atoms with Gasteiger partial charge in [0.1, 0.15) is 0 Å². The zero-order valence-corrected chi connectivity index (χ0v) is 12.5. The van der Waals surface area contributed by atoms with Crippen molar-refractivity contribution in [3.63, 3.8) is 0 Å². The van der Waals surface area contributed by atoms with Crippen LogP contribution in [0, 0.1) is 6.20 Å². The summed E-state index contributed by atoms with van der Waals surface area (Å²) < 4.78 is 0. The van der Waals surface area contributed by atoms with E-state index in [0.717, 1.165) is 17.2 Å². The van der Waals surface area contributed by atoms with Crippen LogP contribution >= 0.6 is 11.3 Å². The van der Waals surface area contributed by atoms with Gasteiger partial charge in [-0.05, 0) is 13.8 Å². The van der Waals surface area contributed by atoms with Crippen molar-refractivity contribution in [3.05, 3.63) is 59.1 Å². The first-order valence-electron chi connectivity index (χ1n) is 6.81. The van der Waals surface area contributed by atoms with E-state index in [0.29, 0.717) is 6.04 Å². The molecule has 0 N–H and O–H groups in total. The summed E-state index contributed by atoms with van der Waals surface area (Å²) in [7, 11) is 0. The number of hydrogen-bond acceptors (Lipinski definition) is 3. The minimum absolute atomic E-state index is 0.486. The maximum Gasteiger partial charge on any atom is 0.209 e. The van der Waals surface area contributed by atoms with Gasteiger partial charge in [0.05, 0.1) is 18.3 Å². The van der Waals surface area contributed by atoms with E-state index in [2.05, 4.69) is 48.5 Å². The Morgan fingerprint density at radius 1 is 1.25 bits per heavy atom. The molecule has 0 amide bonds. The van der Waals surface area contributed by atoms with E-state index in [1.807, 2.05) is 24.3 Å². The standard InChI is InChI=1S/C17H17N2S/c1-13(2)19-10-8-15(9-11-19)17-18-16(12-20-17)14-6-4-3-5-7-14/h3-9,12-13H,10H2,1-2H3/q+1. The number of benzene rings is 1. The van der Waals surface area contributed by atoms with Gasteiger partial charge >= 0.3 is 0 Å². The maximum atomic E-state index is 4.73. The van der Waals surface area contributed by atoms with Gasteiger partial charge in [-0.15, -0.1) is 11.3 Å². The lowest BCUT2D eigenvalue weighted by Crippen LogP contribution is -2.27. The van der Waals surface area contributed by atoms with Crippen LogP contribution in [0.4, 0.5) is 0 Å². The number of rotatable bonds is 3. The zero-order valence-electron chi connectivity index (χ0n) is 11.7. The fraction of sp³-hybridized carbons (Fsp3) is 0.235. The zero-order chi connectivity index (χ0) is 13.9. The molecule has 1 aromatic heterocycles. The third-order valence-electron chi connectivity index (χ3n) is 3.34. The molecule has 0 saturated heterocycles. The van der Waals surface area contributed by atoms with Gasteiger partial charge in [0.15, 0.2) is 17.8 Å². The fourth-order valence-corrected chi connectivity index (χ4v) is 2.96. The van der Waals surface area contributed by atoms with Gasteiger partial charge in [0.25, 0.3) is 0 Å². The molecule has 3 heteroatoms. The summed E-state index contributed by atoms with van der Waals surface area (Å²) in [5.41, 5.74) is 3.39. The maximum absolute atomic E-state index is 4.73. The third-order valence-corrected chi connectivity index (χ3v) is 4.23. The Kier molecular flexibility index (Phi) is 3.64. The van der Waals surface area contributed by atoms with Crippen LogP contribution in [0.15, 0.2) is 47.9 Å². The molecule has 0 fully saturated rings. The van der Waals surface area contributed by atoms with Gasteiger partial charge < -0.3 is 0 Å². The number of hydrogen-bond donors (Lipinski definition) is 0. The average molecular weight is 281 g/mol. The van der Waals surface area contributed by atoms with Gasteiger partial charge in [-0.25, -0.2) is 9.88 Å². The van der Waals surface area contributed by atoms with Crippen molar-refractivity contribution in [1.29, 1.82) is 0 Å². The molecule has 2 nitrogen and oxygen atoms in total. The first kappa shape index (κ1) is 13.0. The predicted molar refractivity (Wildman–Crippen MR) is 85.2 cm³/mol. The Bertz CT molecular complexity index is 638. The van der Waals surface area contributed by atoms with Crippen LogP contribution in [0.1, 0.15) is 18.9 Å². The van der Waals surface area contributed by atoms with Crippen molar-refractivity contribution < 1.29 is 0 Å². The van der Waals surface area contributed by atoms with Crippen molar-refractivity contribution >= 4 is 16.9 Å². The molecule has 2 aromatic rings. The van der Waals surface area contributed by atoms with E-state index < -0.39 is 0 Å². The summed E-state index contributed by atoms with van der Waals surface area (Å²) in [5, 5.41) is 3.19. The molecule has 100 valence electrons. The summed E-state index contributed by atoms with van der Waals surface area (Å²) in [4.78, 5) is 6.92. The molecule has 0 atom stereocenters. The van der Waals surface area contributed by atoms with E-state index in [4.69, 9.17) is 4.98 Å². The molecule has 1 aliphatic heterocycles. The summed E-state index contributed by atoms with van der Waals surface area (Å²) in [6.07, 6.45) is 7.59. The summed E-state index contributed by atoms with van der Waals surface area (Å²) in [6.45, 7) is 5.26. The topological polar surface area (TPSA) is 16.1 Å². The molecule has 20 heavy (non-hydrogen) atoms. The van der Waals surface area contributed by atoms with E-state index in [1.54, 1.807) is 11.3 Å². The SMILES string of the molecule is CC(C)N1[C+]=CC(c2nc(-c3ccccc3)cs2)=CC1. The molecule has 3 rings (SSSR count). The number of thiazole rings is 1. The van der Waals surface area contributed by atoms with Crippen molar-refractivity contribution in [2.24, 2.45) is 0 Å². The monoisotopic (exact) mass is 281 g/mol. The smallest absolute Gasteiger partial charge is 0.209 e. The normalized spacial score (nSPS) is 14.3. The van der Waals surface area contributed by atoms with Gasteiger partial charge in [0, 0.05) is 17.0 Å². The van der Waals surface area contributed by atoms with Gasteiger partial charge in [-0.3, -0.25) is 0 Å². The summed E-state index contributed by atoms with van der Waals surface area (Å²) in [6, 6.07) is 10.8. The Morgan fingerprint density at radius 2 is 2.05 bits per heavy atom. The third kappa shape index (κ3) is 2.64. The lowest BCUT2D eigenvalue weighted by atomic mass is 10.1. The minimum Gasteiger partial charge on any atom is -0.246 e. The van der Waals surface area contributed by atoms with Crippen LogP contribution in [0.3, 0.4) is 0 Å². The molecule has 0 unspecified atom stereocenters. The number of nitrogens with zero attached hydrogens (tertiary/aromatic N) is 2. The van der Waals surface area contributed by atoms with Crippen molar-refractivity contribution in [3.8, 4) is 11.3 Å². The Balaban J connectivity index is 1.81. The highest BCUT2D eigenvalue weighted by Crippen LogP contribution is 2.28. The molecule has 0 aliphatic carbocycles. The van der Waals surface area contributed by atoms with Gasteiger partial charge in [-0.1, -0.05) is 30.3 Å². The van der Waals surface area contributed by atoms with Crippen LogP contribution < -0.4 is 0 Å². The molecule has 0 bridgehead atoms. The number of allylic oxidation sites excluding steroid dienone is 2. The largest absolute Gasteiger partial charge is 0.246 e. The van der Waals surface area contributed by atoms with Crippen LogP contribution in [-0.2, 0) is 0 Å². The Hall–Kier alpha value is -1.96. The molecule has 1 aromatic carbocycles. The van der Waals surface area contributed by atoms with E-state index in [-0.39, 0.29) is 0 Å². The predicted octanol–water partition coefficient (Wildman–Crippen LogP) is 4.23. The molecule has 0 spiro atoms. The lowest BCUT2D eigenvalue weighted by Gasteiger charge is -2.16. The Labute approximate surface area is 124 Å².